The average Bonchev–Trinajstić information content (AvgIpc) is 3.31. The number of hydrogen-bond donors (Lipinski definition) is 3. The molecule has 5 rings (SSSR count). The van der Waals surface area contributed by atoms with Gasteiger partial charge >= 0.3 is 7.82 Å². The van der Waals surface area contributed by atoms with Crippen LogP contribution in [0.4, 0.5) is 5.82 Å². The average molecular weight is 539 g/mol. The first-order valence-corrected chi connectivity index (χ1v) is 13.2. The Kier molecular flexibility index (Phi) is 6.42. The Hall–Kier alpha value is -2.08. The molecule has 4 heterocycles. The summed E-state index contributed by atoms with van der Waals surface area (Å²) in [5, 5.41) is 23.1. The fourth-order valence-corrected chi connectivity index (χ4v) is 6.54. The minimum atomic E-state index is -4.08. The van der Waals surface area contributed by atoms with E-state index in [9.17, 15) is 14.8 Å². The fraction of sp³-hybridized carbons (Fsp3) is 0.478. The molecule has 194 valence electrons. The Morgan fingerprint density at radius 3 is 2.83 bits per heavy atom. The van der Waals surface area contributed by atoms with E-state index in [2.05, 4.69) is 9.97 Å². The summed E-state index contributed by atoms with van der Waals surface area (Å²) in [4.78, 5) is 8.19. The normalized spacial score (nSPS) is 34.3. The second kappa shape index (κ2) is 9.04. The lowest BCUT2D eigenvalue weighted by Gasteiger charge is -2.39. The molecule has 0 saturated carbocycles. The van der Waals surface area contributed by atoms with Crippen LogP contribution in [0.3, 0.4) is 0 Å². The van der Waals surface area contributed by atoms with Crippen molar-refractivity contribution in [2.75, 3.05) is 12.3 Å². The third kappa shape index (κ3) is 4.66. The molecule has 3 aromatic rings. The standard InChI is InChI=1S/C23H28ClN4O7P/c1-22(2)10-16(13-5-4-6-14(24)9-13)34-36(31,35-22)32-11-17-18(29)23(3,30)21(33-17)28-8-7-15-19(25)26-12-27-20(15)28/h4-9,12,16-18,21,29-30H,10-11H2,1-3H3,(H2,25,26,27)/t16-,17+,18+,21+,23+,36?/m0/s1. The zero-order valence-corrected chi connectivity index (χ0v) is 21.6. The van der Waals surface area contributed by atoms with Gasteiger partial charge in [0.05, 0.1) is 23.7 Å². The van der Waals surface area contributed by atoms with Gasteiger partial charge in [-0.1, -0.05) is 23.7 Å². The molecule has 0 bridgehead atoms. The third-order valence-electron chi connectivity index (χ3n) is 6.46. The van der Waals surface area contributed by atoms with Gasteiger partial charge in [0.15, 0.2) is 6.23 Å². The van der Waals surface area contributed by atoms with Gasteiger partial charge in [0.1, 0.15) is 35.6 Å². The van der Waals surface area contributed by atoms with Crippen molar-refractivity contribution >= 4 is 36.3 Å². The Morgan fingerprint density at radius 2 is 2.08 bits per heavy atom. The van der Waals surface area contributed by atoms with Crippen molar-refractivity contribution < 1.29 is 33.1 Å². The molecule has 2 aromatic heterocycles. The second-order valence-corrected chi connectivity index (χ2v) is 11.8. The summed E-state index contributed by atoms with van der Waals surface area (Å²) < 4.78 is 38.2. The zero-order chi connectivity index (χ0) is 25.9. The summed E-state index contributed by atoms with van der Waals surface area (Å²) in [5.74, 6) is 0.276. The number of nitrogen functional groups attached to an aromatic ring is 1. The quantitative estimate of drug-likeness (QED) is 0.409. The summed E-state index contributed by atoms with van der Waals surface area (Å²) in [6.45, 7) is 4.65. The fourth-order valence-electron chi connectivity index (χ4n) is 4.67. The molecule has 2 saturated heterocycles. The maximum atomic E-state index is 13.5. The second-order valence-electron chi connectivity index (χ2n) is 9.86. The number of hydrogen-bond acceptors (Lipinski definition) is 10. The van der Waals surface area contributed by atoms with E-state index in [1.165, 1.54) is 13.3 Å². The predicted octanol–water partition coefficient (Wildman–Crippen LogP) is 3.76. The highest BCUT2D eigenvalue weighted by molar-refractivity contribution is 7.48. The number of anilines is 1. The van der Waals surface area contributed by atoms with E-state index in [4.69, 9.17) is 35.6 Å². The van der Waals surface area contributed by atoms with Gasteiger partial charge in [0, 0.05) is 17.6 Å². The van der Waals surface area contributed by atoms with Gasteiger partial charge in [-0.3, -0.25) is 13.6 Å². The molecule has 11 nitrogen and oxygen atoms in total. The Bertz CT molecular complexity index is 1330. The number of aliphatic hydroxyl groups is 2. The molecule has 2 aliphatic rings. The van der Waals surface area contributed by atoms with Gasteiger partial charge < -0.3 is 25.3 Å². The molecule has 1 aromatic carbocycles. The first kappa shape index (κ1) is 25.6. The van der Waals surface area contributed by atoms with Crippen LogP contribution in [0.2, 0.25) is 5.02 Å². The maximum absolute atomic E-state index is 13.5. The van der Waals surface area contributed by atoms with Gasteiger partial charge in [0.25, 0.3) is 0 Å². The summed E-state index contributed by atoms with van der Waals surface area (Å²) >= 11 is 6.13. The summed E-state index contributed by atoms with van der Waals surface area (Å²) in [5.41, 5.74) is 4.53. The van der Waals surface area contributed by atoms with Crippen LogP contribution in [0, 0.1) is 0 Å². The molecule has 0 amide bonds. The van der Waals surface area contributed by atoms with Crippen molar-refractivity contribution in [3.8, 4) is 0 Å². The molecule has 0 radical (unpaired) electrons. The van der Waals surface area contributed by atoms with Crippen molar-refractivity contribution in [3.05, 3.63) is 53.4 Å². The van der Waals surface area contributed by atoms with E-state index in [1.54, 1.807) is 48.9 Å². The largest absolute Gasteiger partial charge is 0.476 e. The molecular weight excluding hydrogens is 511 g/mol. The lowest BCUT2D eigenvalue weighted by Crippen LogP contribution is -2.44. The van der Waals surface area contributed by atoms with Gasteiger partial charge in [-0.25, -0.2) is 14.5 Å². The van der Waals surface area contributed by atoms with Crippen LogP contribution in [0.25, 0.3) is 11.0 Å². The number of fused-ring (bicyclic) bond motifs is 1. The zero-order valence-electron chi connectivity index (χ0n) is 19.9. The van der Waals surface area contributed by atoms with Crippen LogP contribution in [-0.4, -0.2) is 54.8 Å². The number of halogens is 1. The number of phosphoric ester groups is 1. The maximum Gasteiger partial charge on any atom is 0.476 e. The Balaban J connectivity index is 1.35. The lowest BCUT2D eigenvalue weighted by molar-refractivity contribution is -0.0964. The van der Waals surface area contributed by atoms with Crippen molar-refractivity contribution in [2.45, 2.75) is 62.9 Å². The topological polar surface area (TPSA) is 151 Å². The van der Waals surface area contributed by atoms with E-state index in [0.717, 1.165) is 5.56 Å². The predicted molar refractivity (Wildman–Crippen MR) is 131 cm³/mol. The lowest BCUT2D eigenvalue weighted by atomic mass is 9.96. The number of rotatable bonds is 5. The van der Waals surface area contributed by atoms with Gasteiger partial charge in [-0.2, -0.15) is 0 Å². The number of aliphatic hydroxyl groups excluding tert-OH is 1. The minimum absolute atomic E-state index is 0.276. The smallest absolute Gasteiger partial charge is 0.387 e. The monoisotopic (exact) mass is 538 g/mol. The van der Waals surface area contributed by atoms with Crippen LogP contribution in [-0.2, 0) is 22.9 Å². The van der Waals surface area contributed by atoms with Gasteiger partial charge in [-0.05, 0) is 44.5 Å². The summed E-state index contributed by atoms with van der Waals surface area (Å²) in [6.07, 6.45) is -0.681. The molecule has 0 aliphatic carbocycles. The first-order valence-electron chi connectivity index (χ1n) is 11.4. The highest BCUT2D eigenvalue weighted by Gasteiger charge is 2.54. The SMILES string of the molecule is CC1(C)C[C@@H](c2cccc(Cl)c2)OP(=O)(OC[C@H]2O[C@@H](n3ccc4c(N)ncnc43)[C@](C)(O)[C@@H]2O)O1. The van der Waals surface area contributed by atoms with Crippen molar-refractivity contribution in [1.29, 1.82) is 0 Å². The number of benzene rings is 1. The molecule has 2 fully saturated rings. The number of aromatic nitrogens is 3. The van der Waals surface area contributed by atoms with Crippen LogP contribution in [0.5, 0.6) is 0 Å². The van der Waals surface area contributed by atoms with Crippen LogP contribution in [0.1, 0.15) is 45.1 Å². The number of phosphoric acid groups is 1. The van der Waals surface area contributed by atoms with E-state index >= 15 is 0 Å². The highest BCUT2D eigenvalue weighted by Crippen LogP contribution is 2.62. The van der Waals surface area contributed by atoms with Crippen molar-refractivity contribution in [3.63, 3.8) is 0 Å². The first-order chi connectivity index (χ1) is 16.9. The molecule has 13 heteroatoms. The highest BCUT2D eigenvalue weighted by atomic mass is 35.5. The van der Waals surface area contributed by atoms with Crippen molar-refractivity contribution in [1.82, 2.24) is 14.5 Å². The number of nitrogens with two attached hydrogens (primary N) is 1. The minimum Gasteiger partial charge on any atom is -0.387 e. The summed E-state index contributed by atoms with van der Waals surface area (Å²) in [6, 6.07) is 8.78. The Morgan fingerprint density at radius 1 is 1.31 bits per heavy atom. The molecule has 1 unspecified atom stereocenters. The van der Waals surface area contributed by atoms with Crippen LogP contribution < -0.4 is 5.73 Å². The molecule has 36 heavy (non-hydrogen) atoms. The summed E-state index contributed by atoms with van der Waals surface area (Å²) in [7, 11) is -4.08. The van der Waals surface area contributed by atoms with E-state index < -0.39 is 43.6 Å². The molecule has 2 aliphatic heterocycles. The van der Waals surface area contributed by atoms with Gasteiger partial charge in [0.2, 0.25) is 0 Å². The Labute approximate surface area is 212 Å². The number of nitrogens with zero attached hydrogens (tertiary/aromatic N) is 3. The van der Waals surface area contributed by atoms with Crippen LogP contribution >= 0.6 is 19.4 Å². The van der Waals surface area contributed by atoms with E-state index in [-0.39, 0.29) is 12.4 Å². The molecule has 6 atom stereocenters. The molecular formula is C23H28ClN4O7P. The molecule has 0 spiro atoms. The van der Waals surface area contributed by atoms with E-state index in [1.807, 2.05) is 6.07 Å². The van der Waals surface area contributed by atoms with Crippen molar-refractivity contribution in [2.24, 2.45) is 0 Å². The third-order valence-corrected chi connectivity index (χ3v) is 8.39. The number of ether oxygens (including phenoxy) is 1. The van der Waals surface area contributed by atoms with Crippen LogP contribution in [0.15, 0.2) is 42.9 Å². The van der Waals surface area contributed by atoms with Gasteiger partial charge in [-0.15, -0.1) is 0 Å². The molecule has 4 N–H and O–H groups in total. The van der Waals surface area contributed by atoms with E-state index in [0.29, 0.717) is 22.5 Å².